The third-order valence-corrected chi connectivity index (χ3v) is 1.59. The maximum absolute atomic E-state index is 10.8. The summed E-state index contributed by atoms with van der Waals surface area (Å²) in [6, 6.07) is 0. The predicted octanol–water partition coefficient (Wildman–Crippen LogP) is 2.41. The molecule has 0 N–H and O–H groups in total. The highest BCUT2D eigenvalue weighted by Crippen LogP contribution is 2.08. The largest absolute Gasteiger partial charge is 0.469 e. The van der Waals surface area contributed by atoms with Gasteiger partial charge in [-0.05, 0) is 6.42 Å². The highest BCUT2D eigenvalue weighted by Gasteiger charge is 2.10. The molecule has 3 heteroatoms. The second-order valence-electron chi connectivity index (χ2n) is 2.57. The van der Waals surface area contributed by atoms with Crippen LogP contribution in [0.4, 0.5) is 0 Å². The molecular weight excluding hydrogens is 164 g/mol. The normalized spacial score (nSPS) is 11.5. The van der Waals surface area contributed by atoms with Gasteiger partial charge >= 0.3 is 5.97 Å². The van der Waals surface area contributed by atoms with Gasteiger partial charge in [-0.25, -0.2) is 0 Å². The van der Waals surface area contributed by atoms with Crippen LogP contribution in [0.5, 0.6) is 0 Å². The van der Waals surface area contributed by atoms with E-state index in [1.54, 1.807) is 0 Å². The first-order valence-electron chi connectivity index (χ1n) is 3.80. The molecule has 0 aromatic heterocycles. The molecule has 0 spiro atoms. The molecule has 0 heterocycles. The van der Waals surface area contributed by atoms with Gasteiger partial charge in [0.1, 0.15) is 0 Å². The summed E-state index contributed by atoms with van der Waals surface area (Å²) >= 11 is 0. The molecule has 1 unspecified atom stereocenters. The lowest BCUT2D eigenvalue weighted by molar-refractivity contribution is -0.145. The molecule has 0 aliphatic heterocycles. The lowest BCUT2D eigenvalue weighted by Gasteiger charge is -2.06. The molecule has 0 saturated heterocycles. The Balaban J connectivity index is 0. The van der Waals surface area contributed by atoms with E-state index in [1.165, 1.54) is 7.11 Å². The van der Waals surface area contributed by atoms with Crippen molar-refractivity contribution >= 4 is 18.4 Å². The van der Waals surface area contributed by atoms with Crippen molar-refractivity contribution in [2.45, 2.75) is 33.1 Å². The van der Waals surface area contributed by atoms with Crippen molar-refractivity contribution < 1.29 is 9.53 Å². The van der Waals surface area contributed by atoms with Gasteiger partial charge in [0.2, 0.25) is 0 Å². The van der Waals surface area contributed by atoms with Gasteiger partial charge < -0.3 is 4.74 Å². The number of ether oxygens (including phenoxy) is 1. The highest BCUT2D eigenvalue weighted by molar-refractivity contribution is 5.85. The Morgan fingerprint density at radius 2 is 2.09 bits per heavy atom. The SMILES string of the molecule is CCCCC(C)C(=O)OC.Cl. The summed E-state index contributed by atoms with van der Waals surface area (Å²) in [6.45, 7) is 4.02. The standard InChI is InChI=1S/C8H16O2.ClH/c1-4-5-6-7(2)8(9)10-3;/h7H,4-6H2,1-3H3;1H. The second-order valence-corrected chi connectivity index (χ2v) is 2.57. The van der Waals surface area contributed by atoms with Crippen molar-refractivity contribution in [1.82, 2.24) is 0 Å². The van der Waals surface area contributed by atoms with Crippen LogP contribution in [0.15, 0.2) is 0 Å². The van der Waals surface area contributed by atoms with Gasteiger partial charge in [0.05, 0.1) is 13.0 Å². The number of rotatable bonds is 4. The van der Waals surface area contributed by atoms with Crippen LogP contribution in [0.1, 0.15) is 33.1 Å². The molecule has 2 nitrogen and oxygen atoms in total. The monoisotopic (exact) mass is 180 g/mol. The van der Waals surface area contributed by atoms with Gasteiger partial charge in [0.25, 0.3) is 0 Å². The molecule has 11 heavy (non-hydrogen) atoms. The van der Waals surface area contributed by atoms with Crippen molar-refractivity contribution in [3.8, 4) is 0 Å². The van der Waals surface area contributed by atoms with E-state index in [1.807, 2.05) is 6.92 Å². The summed E-state index contributed by atoms with van der Waals surface area (Å²) in [4.78, 5) is 10.8. The molecule has 1 atom stereocenters. The minimum atomic E-state index is -0.0894. The van der Waals surface area contributed by atoms with E-state index in [9.17, 15) is 4.79 Å². The summed E-state index contributed by atoms with van der Waals surface area (Å²) in [7, 11) is 1.44. The van der Waals surface area contributed by atoms with E-state index in [0.717, 1.165) is 19.3 Å². The van der Waals surface area contributed by atoms with Crippen LogP contribution in [0.25, 0.3) is 0 Å². The van der Waals surface area contributed by atoms with E-state index in [4.69, 9.17) is 0 Å². The number of carbonyl (C=O) groups is 1. The lowest BCUT2D eigenvalue weighted by Crippen LogP contribution is -2.12. The molecule has 68 valence electrons. The Bertz CT molecular complexity index is 104. The summed E-state index contributed by atoms with van der Waals surface area (Å²) in [5, 5.41) is 0. The second kappa shape index (κ2) is 7.86. The van der Waals surface area contributed by atoms with Crippen LogP contribution < -0.4 is 0 Å². The minimum Gasteiger partial charge on any atom is -0.469 e. The highest BCUT2D eigenvalue weighted by atomic mass is 35.5. The number of hydrogen-bond donors (Lipinski definition) is 0. The summed E-state index contributed by atoms with van der Waals surface area (Å²) in [6.07, 6.45) is 3.20. The molecule has 0 rings (SSSR count). The van der Waals surface area contributed by atoms with Gasteiger partial charge in [-0.1, -0.05) is 26.7 Å². The van der Waals surface area contributed by atoms with Crippen molar-refractivity contribution in [3.05, 3.63) is 0 Å². The summed E-state index contributed by atoms with van der Waals surface area (Å²) in [5.74, 6) is -0.0154. The molecule has 0 fully saturated rings. The first kappa shape index (κ1) is 13.4. The fourth-order valence-electron chi connectivity index (χ4n) is 0.829. The van der Waals surface area contributed by atoms with E-state index >= 15 is 0 Å². The molecule has 0 aliphatic rings. The number of hydrogen-bond acceptors (Lipinski definition) is 2. The zero-order valence-corrected chi connectivity index (χ0v) is 8.24. The molecule has 0 bridgehead atoms. The van der Waals surface area contributed by atoms with Crippen LogP contribution in [0.3, 0.4) is 0 Å². The average molecular weight is 181 g/mol. The molecule has 0 radical (unpaired) electrons. The number of esters is 1. The molecule has 0 aliphatic carbocycles. The van der Waals surface area contributed by atoms with E-state index < -0.39 is 0 Å². The zero-order valence-electron chi connectivity index (χ0n) is 7.42. The van der Waals surface area contributed by atoms with Crippen molar-refractivity contribution in [2.24, 2.45) is 5.92 Å². The third-order valence-electron chi connectivity index (χ3n) is 1.59. The van der Waals surface area contributed by atoms with Crippen LogP contribution in [-0.2, 0) is 9.53 Å². The Morgan fingerprint density at radius 3 is 2.45 bits per heavy atom. The Morgan fingerprint density at radius 1 is 1.55 bits per heavy atom. The fourth-order valence-corrected chi connectivity index (χ4v) is 0.829. The summed E-state index contributed by atoms with van der Waals surface area (Å²) in [5.41, 5.74) is 0. The van der Waals surface area contributed by atoms with Gasteiger partial charge in [-0.2, -0.15) is 0 Å². The van der Waals surface area contributed by atoms with Crippen molar-refractivity contribution in [2.75, 3.05) is 7.11 Å². The first-order valence-corrected chi connectivity index (χ1v) is 3.80. The average Bonchev–Trinajstić information content (AvgIpc) is 1.98. The minimum absolute atomic E-state index is 0. The van der Waals surface area contributed by atoms with E-state index in [0.29, 0.717) is 0 Å². The fraction of sp³-hybridized carbons (Fsp3) is 0.875. The van der Waals surface area contributed by atoms with E-state index in [2.05, 4.69) is 11.7 Å². The van der Waals surface area contributed by atoms with Crippen LogP contribution in [0.2, 0.25) is 0 Å². The Hall–Kier alpha value is -0.240. The van der Waals surface area contributed by atoms with Crippen LogP contribution >= 0.6 is 12.4 Å². The Kier molecular flexibility index (Phi) is 9.55. The van der Waals surface area contributed by atoms with Crippen LogP contribution in [-0.4, -0.2) is 13.1 Å². The zero-order chi connectivity index (χ0) is 7.98. The van der Waals surface area contributed by atoms with E-state index in [-0.39, 0.29) is 24.3 Å². The molecule has 0 amide bonds. The smallest absolute Gasteiger partial charge is 0.308 e. The van der Waals surface area contributed by atoms with Gasteiger partial charge in [-0.3, -0.25) is 4.79 Å². The quantitative estimate of drug-likeness (QED) is 0.622. The molecule has 0 saturated carbocycles. The third kappa shape index (κ3) is 6.17. The maximum Gasteiger partial charge on any atom is 0.308 e. The van der Waals surface area contributed by atoms with Crippen LogP contribution in [0, 0.1) is 5.92 Å². The number of methoxy groups -OCH3 is 1. The number of halogens is 1. The van der Waals surface area contributed by atoms with Gasteiger partial charge in [-0.15, -0.1) is 12.4 Å². The molecule has 0 aromatic carbocycles. The van der Waals surface area contributed by atoms with Gasteiger partial charge in [0.15, 0.2) is 0 Å². The molecule has 0 aromatic rings. The first-order chi connectivity index (χ1) is 4.72. The topological polar surface area (TPSA) is 26.3 Å². The maximum atomic E-state index is 10.8. The Labute approximate surface area is 74.7 Å². The summed E-state index contributed by atoms with van der Waals surface area (Å²) < 4.78 is 4.57. The van der Waals surface area contributed by atoms with Crippen molar-refractivity contribution in [1.29, 1.82) is 0 Å². The number of unbranched alkanes of at least 4 members (excludes halogenated alkanes) is 1. The predicted molar refractivity (Wildman–Crippen MR) is 48.0 cm³/mol. The van der Waals surface area contributed by atoms with Gasteiger partial charge in [0, 0.05) is 0 Å². The lowest BCUT2D eigenvalue weighted by atomic mass is 10.1. The number of carbonyl (C=O) groups excluding carboxylic acids is 1. The van der Waals surface area contributed by atoms with Crippen molar-refractivity contribution in [3.63, 3.8) is 0 Å². The molecular formula is C8H17ClO2.